The van der Waals surface area contributed by atoms with Crippen molar-refractivity contribution in [2.24, 2.45) is 0 Å². The van der Waals surface area contributed by atoms with E-state index >= 15 is 0 Å². The van der Waals surface area contributed by atoms with Crippen LogP contribution in [0.15, 0.2) is 22.9 Å². The lowest BCUT2D eigenvalue weighted by Gasteiger charge is -2.05. The first-order valence-corrected chi connectivity index (χ1v) is 5.97. The van der Waals surface area contributed by atoms with Crippen molar-refractivity contribution in [2.75, 3.05) is 0 Å². The van der Waals surface area contributed by atoms with E-state index in [-0.39, 0.29) is 0 Å². The van der Waals surface area contributed by atoms with Gasteiger partial charge in [0.1, 0.15) is 0 Å². The highest BCUT2D eigenvalue weighted by Crippen LogP contribution is 2.42. The number of aromatic nitrogens is 2. The summed E-state index contributed by atoms with van der Waals surface area (Å²) in [4.78, 5) is 8.90. The zero-order chi connectivity index (χ0) is 10.4. The van der Waals surface area contributed by atoms with Crippen LogP contribution in [0, 0.1) is 6.92 Å². The molecule has 1 saturated carbocycles. The van der Waals surface area contributed by atoms with E-state index in [1.165, 1.54) is 29.5 Å². The van der Waals surface area contributed by atoms with Gasteiger partial charge in [-0.2, -0.15) is 0 Å². The first kappa shape index (κ1) is 9.28. The quantitative estimate of drug-likeness (QED) is 0.735. The Labute approximate surface area is 96.9 Å². The Morgan fingerprint density at radius 2 is 2.07 bits per heavy atom. The van der Waals surface area contributed by atoms with Crippen molar-refractivity contribution in [3.05, 3.63) is 34.2 Å². The first-order chi connectivity index (χ1) is 7.24. The smallest absolute Gasteiger partial charge is 0.197 e. The van der Waals surface area contributed by atoms with Gasteiger partial charge in [-0.1, -0.05) is 11.6 Å². The second kappa shape index (κ2) is 3.27. The molecule has 3 rings (SSSR count). The van der Waals surface area contributed by atoms with Gasteiger partial charge in [0.05, 0.1) is 11.2 Å². The van der Waals surface area contributed by atoms with Gasteiger partial charge >= 0.3 is 0 Å². The lowest BCUT2D eigenvalue weighted by atomic mass is 10.1. The molecule has 0 bridgehead atoms. The van der Waals surface area contributed by atoms with E-state index in [4.69, 9.17) is 0 Å². The van der Waals surface area contributed by atoms with Crippen molar-refractivity contribution in [3.63, 3.8) is 0 Å². The number of halogens is 1. The summed E-state index contributed by atoms with van der Waals surface area (Å²) < 4.78 is 0.709. The number of hydrogen-bond acceptors (Lipinski definition) is 2. The van der Waals surface area contributed by atoms with Gasteiger partial charge < -0.3 is 0 Å². The number of hydrogen-bond donors (Lipinski definition) is 0. The Morgan fingerprint density at radius 3 is 2.80 bits per heavy atom. The van der Waals surface area contributed by atoms with Gasteiger partial charge in [0.15, 0.2) is 4.73 Å². The van der Waals surface area contributed by atoms with Crippen LogP contribution in [0.3, 0.4) is 0 Å². The fraction of sp³-hybridized carbons (Fsp3) is 0.333. The SMILES string of the molecule is Cc1ccc2nc(Br)nc(C3CC3)c2c1. The molecule has 0 amide bonds. The highest BCUT2D eigenvalue weighted by Gasteiger charge is 2.27. The van der Waals surface area contributed by atoms with Gasteiger partial charge in [-0.3, -0.25) is 0 Å². The molecule has 1 fully saturated rings. The molecule has 0 spiro atoms. The van der Waals surface area contributed by atoms with E-state index in [1.807, 2.05) is 0 Å². The summed E-state index contributed by atoms with van der Waals surface area (Å²) in [7, 11) is 0. The van der Waals surface area contributed by atoms with E-state index in [2.05, 4.69) is 51.0 Å². The molecule has 76 valence electrons. The van der Waals surface area contributed by atoms with Crippen LogP contribution in [0.4, 0.5) is 0 Å². The molecule has 1 aromatic heterocycles. The lowest BCUT2D eigenvalue weighted by molar-refractivity contribution is 0.995. The summed E-state index contributed by atoms with van der Waals surface area (Å²) in [5.74, 6) is 0.661. The molecule has 0 radical (unpaired) electrons. The predicted octanol–water partition coefficient (Wildman–Crippen LogP) is 3.58. The van der Waals surface area contributed by atoms with E-state index in [1.54, 1.807) is 0 Å². The van der Waals surface area contributed by atoms with Gasteiger partial charge in [-0.05, 0) is 47.8 Å². The van der Waals surface area contributed by atoms with Gasteiger partial charge in [-0.15, -0.1) is 0 Å². The third-order valence-electron chi connectivity index (χ3n) is 2.82. The van der Waals surface area contributed by atoms with Gasteiger partial charge in [0.2, 0.25) is 0 Å². The van der Waals surface area contributed by atoms with Crippen LogP contribution in [0.2, 0.25) is 0 Å². The molecule has 0 N–H and O–H groups in total. The maximum absolute atomic E-state index is 4.51. The number of rotatable bonds is 1. The molecule has 0 atom stereocenters. The molecule has 1 aliphatic rings. The maximum atomic E-state index is 4.51. The summed E-state index contributed by atoms with van der Waals surface area (Å²) in [6.07, 6.45) is 2.54. The van der Waals surface area contributed by atoms with Crippen molar-refractivity contribution in [1.82, 2.24) is 9.97 Å². The average molecular weight is 263 g/mol. The van der Waals surface area contributed by atoms with Crippen LogP contribution < -0.4 is 0 Å². The Hall–Kier alpha value is -0.960. The van der Waals surface area contributed by atoms with Gasteiger partial charge in [0, 0.05) is 11.3 Å². The van der Waals surface area contributed by atoms with Crippen LogP contribution >= 0.6 is 15.9 Å². The first-order valence-electron chi connectivity index (χ1n) is 5.18. The zero-order valence-corrected chi connectivity index (χ0v) is 10.1. The molecular weight excluding hydrogens is 252 g/mol. The van der Waals surface area contributed by atoms with Crippen LogP contribution in [0.1, 0.15) is 30.0 Å². The Morgan fingerprint density at radius 1 is 1.27 bits per heavy atom. The molecule has 1 heterocycles. The van der Waals surface area contributed by atoms with Crippen molar-refractivity contribution in [2.45, 2.75) is 25.7 Å². The molecule has 2 nitrogen and oxygen atoms in total. The minimum absolute atomic E-state index is 0.661. The van der Waals surface area contributed by atoms with Crippen molar-refractivity contribution in [1.29, 1.82) is 0 Å². The molecule has 3 heteroatoms. The Kier molecular flexibility index (Phi) is 2.02. The van der Waals surface area contributed by atoms with Crippen molar-refractivity contribution in [3.8, 4) is 0 Å². The number of fused-ring (bicyclic) bond motifs is 1. The largest absolute Gasteiger partial charge is 0.226 e. The molecular formula is C12H11BrN2. The summed E-state index contributed by atoms with van der Waals surface area (Å²) in [5.41, 5.74) is 3.54. The number of aryl methyl sites for hydroxylation is 1. The topological polar surface area (TPSA) is 25.8 Å². The van der Waals surface area contributed by atoms with Crippen molar-refractivity contribution >= 4 is 26.8 Å². The van der Waals surface area contributed by atoms with Crippen molar-refractivity contribution < 1.29 is 0 Å². The number of benzene rings is 1. The standard InChI is InChI=1S/C12H11BrN2/c1-7-2-5-10-9(6-7)11(8-3-4-8)15-12(13)14-10/h2,5-6,8H,3-4H2,1H3. The predicted molar refractivity (Wildman–Crippen MR) is 64.0 cm³/mol. The minimum Gasteiger partial charge on any atom is -0.226 e. The van der Waals surface area contributed by atoms with E-state index in [9.17, 15) is 0 Å². The molecule has 1 aromatic carbocycles. The van der Waals surface area contributed by atoms with Crippen LogP contribution in [-0.4, -0.2) is 9.97 Å². The normalized spacial score (nSPS) is 15.9. The van der Waals surface area contributed by atoms with E-state index in [0.717, 1.165) is 5.52 Å². The molecule has 2 aromatic rings. The van der Waals surface area contributed by atoms with E-state index in [0.29, 0.717) is 10.7 Å². The maximum Gasteiger partial charge on any atom is 0.197 e. The minimum atomic E-state index is 0.661. The Bertz CT molecular complexity index is 532. The number of nitrogens with zero attached hydrogens (tertiary/aromatic N) is 2. The fourth-order valence-electron chi connectivity index (χ4n) is 1.90. The third kappa shape index (κ3) is 1.65. The van der Waals surface area contributed by atoms with Crippen LogP contribution in [0.25, 0.3) is 10.9 Å². The van der Waals surface area contributed by atoms with E-state index < -0.39 is 0 Å². The monoisotopic (exact) mass is 262 g/mol. The summed E-state index contributed by atoms with van der Waals surface area (Å²) in [6, 6.07) is 6.36. The second-order valence-electron chi connectivity index (χ2n) is 4.17. The average Bonchev–Trinajstić information content (AvgIpc) is 3.01. The molecule has 15 heavy (non-hydrogen) atoms. The zero-order valence-electron chi connectivity index (χ0n) is 8.50. The molecule has 0 aliphatic heterocycles. The fourth-order valence-corrected chi connectivity index (χ4v) is 2.29. The summed E-state index contributed by atoms with van der Waals surface area (Å²) >= 11 is 3.38. The summed E-state index contributed by atoms with van der Waals surface area (Å²) in [6.45, 7) is 2.11. The van der Waals surface area contributed by atoms with Gasteiger partial charge in [-0.25, -0.2) is 9.97 Å². The molecule has 0 unspecified atom stereocenters. The molecule has 0 saturated heterocycles. The Balaban J connectivity index is 2.34. The third-order valence-corrected chi connectivity index (χ3v) is 3.17. The molecule has 1 aliphatic carbocycles. The lowest BCUT2D eigenvalue weighted by Crippen LogP contribution is -1.94. The van der Waals surface area contributed by atoms with Crippen LogP contribution in [0.5, 0.6) is 0 Å². The highest BCUT2D eigenvalue weighted by atomic mass is 79.9. The summed E-state index contributed by atoms with van der Waals surface area (Å²) in [5, 5.41) is 1.22. The van der Waals surface area contributed by atoms with Crippen LogP contribution in [-0.2, 0) is 0 Å². The highest BCUT2D eigenvalue weighted by molar-refractivity contribution is 9.10. The van der Waals surface area contributed by atoms with Gasteiger partial charge in [0.25, 0.3) is 0 Å². The second-order valence-corrected chi connectivity index (χ2v) is 4.88.